The first-order chi connectivity index (χ1) is 16.7. The number of hydrogen-bond donors (Lipinski definition) is 0. The molecule has 0 amide bonds. The van der Waals surface area contributed by atoms with E-state index in [1.165, 1.54) is 6.92 Å². The highest BCUT2D eigenvalue weighted by Crippen LogP contribution is 2.40. The van der Waals surface area contributed by atoms with Crippen molar-refractivity contribution < 1.29 is 9.53 Å². The van der Waals surface area contributed by atoms with E-state index in [2.05, 4.69) is 20.8 Å². The summed E-state index contributed by atoms with van der Waals surface area (Å²) < 4.78 is 5.44. The minimum Gasteiger partial charge on any atom is -0.461 e. The molecule has 0 bridgehead atoms. The molecule has 1 aromatic rings. The molecule has 202 valence electrons. The zero-order chi connectivity index (χ0) is 26.5. The van der Waals surface area contributed by atoms with Crippen LogP contribution in [0.1, 0.15) is 47.3 Å². The van der Waals surface area contributed by atoms with Crippen molar-refractivity contribution in [3.8, 4) is 0 Å². The summed E-state index contributed by atoms with van der Waals surface area (Å²) in [6.07, 6.45) is 0. The molecule has 0 aliphatic rings. The zero-order valence-corrected chi connectivity index (χ0v) is 25.4. The van der Waals surface area contributed by atoms with E-state index in [-0.39, 0.29) is 30.7 Å². The van der Waals surface area contributed by atoms with Crippen LogP contribution >= 0.6 is 69.6 Å². The van der Waals surface area contributed by atoms with Gasteiger partial charge in [0.25, 0.3) is 0 Å². The van der Waals surface area contributed by atoms with Gasteiger partial charge in [-0.05, 0) is 43.4 Å². The largest absolute Gasteiger partial charge is 0.461 e. The summed E-state index contributed by atoms with van der Waals surface area (Å²) in [6, 6.07) is 3.56. The molecule has 5 nitrogen and oxygen atoms in total. The van der Waals surface area contributed by atoms with Crippen molar-refractivity contribution in [2.24, 2.45) is 0 Å². The lowest BCUT2D eigenvalue weighted by atomic mass is 9.84. The van der Waals surface area contributed by atoms with Gasteiger partial charge in [0.1, 0.15) is 6.61 Å². The molecule has 0 aliphatic carbocycles. The maximum absolute atomic E-state index is 11.7. The van der Waals surface area contributed by atoms with Gasteiger partial charge in [-0.25, -0.2) is 0 Å². The van der Waals surface area contributed by atoms with Crippen LogP contribution in [0.3, 0.4) is 0 Å². The van der Waals surface area contributed by atoms with E-state index in [1.807, 2.05) is 27.2 Å². The van der Waals surface area contributed by atoms with Crippen LogP contribution in [0.5, 0.6) is 0 Å². The maximum atomic E-state index is 11.7. The molecule has 3 atom stereocenters. The predicted molar refractivity (Wildman–Crippen MR) is 152 cm³/mol. The Balaban J connectivity index is 4.00. The number of nitrogens with zero attached hydrogens (tertiary/aromatic N) is 3. The first-order valence-corrected chi connectivity index (χ1v) is 14.7. The number of hydrogen-bond acceptors (Lipinski definition) is 5. The molecule has 11 heteroatoms. The molecule has 1 rings (SSSR count). The predicted octanol–water partition coefficient (Wildman–Crippen LogP) is 6.10. The highest BCUT2D eigenvalue weighted by atomic mass is 35.5. The Bertz CT molecular complexity index is 773. The molecule has 0 heterocycles. The fourth-order valence-corrected chi connectivity index (χ4v) is 6.18. The molecule has 0 aromatic heterocycles. The summed E-state index contributed by atoms with van der Waals surface area (Å²) >= 11 is 38.0. The lowest BCUT2D eigenvalue weighted by Crippen LogP contribution is -2.36. The minimum absolute atomic E-state index is 0.114. The van der Waals surface area contributed by atoms with Crippen LogP contribution in [0.2, 0.25) is 0 Å². The molecule has 0 radical (unpaired) electrons. The van der Waals surface area contributed by atoms with E-state index < -0.39 is 0 Å². The quantitative estimate of drug-likeness (QED) is 0.157. The van der Waals surface area contributed by atoms with Gasteiger partial charge in [-0.15, -0.1) is 69.6 Å². The Morgan fingerprint density at radius 3 is 1.57 bits per heavy atom. The third-order valence-electron chi connectivity index (χ3n) is 6.21. The van der Waals surface area contributed by atoms with Crippen molar-refractivity contribution in [2.75, 3.05) is 76.1 Å². The number of carbonyl (C=O) groups is 1. The third-order valence-corrected chi connectivity index (χ3v) is 7.60. The van der Waals surface area contributed by atoms with Crippen LogP contribution in [0.25, 0.3) is 0 Å². The second kappa shape index (κ2) is 17.8. The van der Waals surface area contributed by atoms with E-state index >= 15 is 0 Å². The number of benzene rings is 1. The van der Waals surface area contributed by atoms with E-state index in [9.17, 15) is 4.79 Å². The molecule has 35 heavy (non-hydrogen) atoms. The summed E-state index contributed by atoms with van der Waals surface area (Å²) in [6.45, 7) is 3.45. The highest BCUT2D eigenvalue weighted by molar-refractivity contribution is 6.19. The van der Waals surface area contributed by atoms with Gasteiger partial charge < -0.3 is 4.74 Å². The fourth-order valence-electron chi connectivity index (χ4n) is 4.20. The average Bonchev–Trinajstić information content (AvgIpc) is 2.81. The lowest BCUT2D eigenvalue weighted by Gasteiger charge is -2.38. The van der Waals surface area contributed by atoms with Crippen LogP contribution in [0, 0.1) is 0 Å². The van der Waals surface area contributed by atoms with Crippen molar-refractivity contribution >= 4 is 75.6 Å². The number of rotatable bonds is 17. The van der Waals surface area contributed by atoms with Gasteiger partial charge in [0.05, 0.1) is 0 Å². The molecule has 0 fully saturated rings. The number of ether oxygens (including phenoxy) is 1. The van der Waals surface area contributed by atoms with Gasteiger partial charge in [0.15, 0.2) is 0 Å². The monoisotopic (exact) mass is 609 g/mol. The molecular weight excluding hydrogens is 575 g/mol. The van der Waals surface area contributed by atoms with E-state index in [1.54, 1.807) is 0 Å². The molecule has 0 spiro atoms. The Labute approximate surface area is 240 Å². The second-order valence-electron chi connectivity index (χ2n) is 8.44. The first-order valence-electron chi connectivity index (χ1n) is 11.5. The lowest BCUT2D eigenvalue weighted by molar-refractivity contribution is -0.142. The summed E-state index contributed by atoms with van der Waals surface area (Å²) in [7, 11) is 5.99. The Morgan fingerprint density at radius 1 is 0.743 bits per heavy atom. The molecule has 1 aromatic carbocycles. The van der Waals surface area contributed by atoms with Gasteiger partial charge in [-0.3, -0.25) is 19.5 Å². The number of esters is 1. The number of carbonyl (C=O) groups excluding carboxylic acids is 1. The minimum atomic E-state index is -0.355. The van der Waals surface area contributed by atoms with Gasteiger partial charge in [-0.1, -0.05) is 12.1 Å². The Hall–Kier alpha value is 0.310. The van der Waals surface area contributed by atoms with Gasteiger partial charge >= 0.3 is 5.97 Å². The normalized spacial score (nSPS) is 14.5. The van der Waals surface area contributed by atoms with Crippen molar-refractivity contribution in [2.45, 2.75) is 31.7 Å². The Morgan fingerprint density at radius 2 is 1.17 bits per heavy atom. The topological polar surface area (TPSA) is 36.0 Å². The number of alkyl halides is 6. The van der Waals surface area contributed by atoms with E-state index in [4.69, 9.17) is 74.3 Å². The van der Waals surface area contributed by atoms with Crippen molar-refractivity contribution in [3.63, 3.8) is 0 Å². The molecule has 0 aliphatic heterocycles. The van der Waals surface area contributed by atoms with Gasteiger partial charge in [-0.2, -0.15) is 0 Å². The average molecular weight is 612 g/mol. The summed E-state index contributed by atoms with van der Waals surface area (Å²) in [5.74, 6) is 2.03. The summed E-state index contributed by atoms with van der Waals surface area (Å²) in [5.41, 5.74) is 3.91. The van der Waals surface area contributed by atoms with Crippen molar-refractivity contribution in [3.05, 3.63) is 34.4 Å². The van der Waals surface area contributed by atoms with E-state index in [0.29, 0.717) is 54.9 Å². The first kappa shape index (κ1) is 33.3. The highest BCUT2D eigenvalue weighted by Gasteiger charge is 2.33. The zero-order valence-electron chi connectivity index (χ0n) is 20.9. The second-order valence-corrected chi connectivity index (χ2v) is 10.5. The molecule has 0 saturated heterocycles. The standard InChI is InChI=1S/C24H37Cl6N3O2/c1-17(34)35-16-18-5-6-19(20(13-28)31(2)10-7-25)24(22(15-30)33(4)12-9-27)23(18)21(14-29)32(3)11-8-26/h5-6,20-22H,7-16H2,1-4H3. The number of halogens is 6. The molecule has 0 N–H and O–H groups in total. The maximum Gasteiger partial charge on any atom is 0.302 e. The third kappa shape index (κ3) is 9.53. The van der Waals surface area contributed by atoms with Crippen LogP contribution in [0.4, 0.5) is 0 Å². The van der Waals surface area contributed by atoms with Crippen LogP contribution < -0.4 is 0 Å². The summed E-state index contributed by atoms with van der Waals surface area (Å²) in [4.78, 5) is 18.1. The SMILES string of the molecule is CC(=O)OCc1ccc(C(CCl)N(C)CCCl)c(C(CCl)N(C)CCCl)c1C(CCl)N(C)CCCl. The van der Waals surface area contributed by atoms with Crippen molar-refractivity contribution in [1.29, 1.82) is 0 Å². The smallest absolute Gasteiger partial charge is 0.302 e. The summed E-state index contributed by atoms with van der Waals surface area (Å²) in [5, 5.41) is 0. The Kier molecular flexibility index (Phi) is 16.9. The molecule has 0 saturated carbocycles. The van der Waals surface area contributed by atoms with Crippen molar-refractivity contribution in [1.82, 2.24) is 14.7 Å². The van der Waals surface area contributed by atoms with Crippen LogP contribution in [-0.2, 0) is 16.1 Å². The molecule has 3 unspecified atom stereocenters. The van der Waals surface area contributed by atoms with Gasteiger partial charge in [0, 0.05) is 80.0 Å². The fraction of sp³-hybridized carbons (Fsp3) is 0.708. The molecular formula is C24H37Cl6N3O2. The van der Waals surface area contributed by atoms with Gasteiger partial charge in [0.2, 0.25) is 0 Å². The van der Waals surface area contributed by atoms with Crippen LogP contribution in [-0.4, -0.2) is 96.7 Å². The van der Waals surface area contributed by atoms with Crippen LogP contribution in [0.15, 0.2) is 12.1 Å². The van der Waals surface area contributed by atoms with E-state index in [0.717, 1.165) is 22.3 Å².